The van der Waals surface area contributed by atoms with Crippen molar-refractivity contribution in [2.24, 2.45) is 194 Å². The maximum Gasteiger partial charge on any atom is -0.0287 e. The van der Waals surface area contributed by atoms with E-state index in [1.807, 2.05) is 0 Å². The number of hydrogen-bond donors (Lipinski definition) is 0. The Kier molecular flexibility index (Phi) is 33.6. The highest BCUT2D eigenvalue weighted by Crippen LogP contribution is 2.65. The van der Waals surface area contributed by atoms with Crippen LogP contribution >= 0.6 is 0 Å². The van der Waals surface area contributed by atoms with Crippen LogP contribution in [0.1, 0.15) is 536 Å². The molecule has 0 saturated heterocycles. The molecule has 0 amide bonds. The van der Waals surface area contributed by atoms with Crippen molar-refractivity contribution in [2.75, 3.05) is 0 Å². The Morgan fingerprint density at radius 3 is 1.00 bits per heavy atom. The van der Waals surface area contributed by atoms with Crippen molar-refractivity contribution >= 4 is 0 Å². The quantitative estimate of drug-likeness (QED) is 0.263. The average Bonchev–Trinajstić information content (AvgIpc) is 1.32. The molecule has 23 saturated carbocycles. The van der Waals surface area contributed by atoms with E-state index in [0.29, 0.717) is 59.6 Å². The van der Waals surface area contributed by atoms with Crippen LogP contribution in [0, 0.1) is 194 Å². The zero-order valence-corrected chi connectivity index (χ0v) is 85.2. The van der Waals surface area contributed by atoms with Crippen LogP contribution < -0.4 is 0 Å². The molecule has 0 aromatic carbocycles. The smallest absolute Gasteiger partial charge is 0.0287 e. The second-order valence-electron chi connectivity index (χ2n) is 55.8. The molecule has 23 fully saturated rings. The summed E-state index contributed by atoms with van der Waals surface area (Å²) in [6.45, 7) is 78.0. The molecule has 0 N–H and O–H groups in total. The van der Waals surface area contributed by atoms with E-state index in [0.717, 1.165) is 135 Å². The van der Waals surface area contributed by atoms with Crippen LogP contribution in [0.4, 0.5) is 0 Å². The molecule has 674 valence electrons. The van der Waals surface area contributed by atoms with Gasteiger partial charge in [0.1, 0.15) is 0 Å². The minimum atomic E-state index is 0.526. The highest BCUT2D eigenvalue weighted by Gasteiger charge is 2.55. The topological polar surface area (TPSA) is 0 Å². The van der Waals surface area contributed by atoms with Gasteiger partial charge in [0.15, 0.2) is 0 Å². The monoisotopic (exact) mass is 1600 g/mol. The average molecular weight is 1600 g/mol. The molecule has 23 rings (SSSR count). The van der Waals surface area contributed by atoms with Crippen LogP contribution in [0.3, 0.4) is 0 Å². The van der Waals surface area contributed by atoms with Gasteiger partial charge in [0.05, 0.1) is 0 Å². The van der Waals surface area contributed by atoms with Gasteiger partial charge in [0, 0.05) is 0 Å². The van der Waals surface area contributed by atoms with Crippen molar-refractivity contribution < 1.29 is 0 Å². The molecule has 5 atom stereocenters. The Balaban J connectivity index is 0.000000147. The summed E-state index contributed by atoms with van der Waals surface area (Å²) in [6, 6.07) is 0. The van der Waals surface area contributed by atoms with Gasteiger partial charge in [-0.3, -0.25) is 0 Å². The van der Waals surface area contributed by atoms with Crippen molar-refractivity contribution in [2.45, 2.75) is 536 Å². The fourth-order valence-corrected chi connectivity index (χ4v) is 34.2. The second-order valence-corrected chi connectivity index (χ2v) is 55.8. The maximum atomic E-state index is 2.49. The SMILES string of the molecule is CC(C)C1C(C)(C)CCC1(C)C.CC1C2CCC(CC2)[C@H]1C.CC1CCC2(CC1)CC(C)(C)CC(C)(C)C2.CC1CCC2(CCCCC2)CC1.CCC1(C)CC(C)(C)C(C)(C)C1.CCC12CC3CC(CC(C3)C1)C2.CCC1CC(C)(C)C(C)(C)C1.C[C@@H]1C2CCC(CC2)C1(C)C.C[C@H]1CC2CCC1(C)CC2.C[C@H]1CC2CCC1CC2. The molecule has 23 aliphatic carbocycles. The predicted molar refractivity (Wildman–Crippen MR) is 512 cm³/mol. The molecule has 0 heteroatoms. The number of rotatable bonds is 4. The molecule has 23 aliphatic rings. The van der Waals surface area contributed by atoms with Crippen molar-refractivity contribution in [1.82, 2.24) is 0 Å². The Morgan fingerprint density at radius 2 is 0.722 bits per heavy atom. The zero-order chi connectivity index (χ0) is 85.2. The van der Waals surface area contributed by atoms with Gasteiger partial charge in [-0.05, 0) is 432 Å². The van der Waals surface area contributed by atoms with Gasteiger partial charge in [0.2, 0.25) is 0 Å². The van der Waals surface area contributed by atoms with Gasteiger partial charge >= 0.3 is 0 Å². The highest BCUT2D eigenvalue weighted by atomic mass is 14.6. The maximum absolute atomic E-state index is 2.49. The Bertz CT molecular complexity index is 2700. The molecular weight excluding hydrogens is 1380 g/mol. The Hall–Kier alpha value is 0. The Morgan fingerprint density at radius 1 is 0.322 bits per heavy atom. The van der Waals surface area contributed by atoms with Crippen LogP contribution in [0.15, 0.2) is 0 Å². The molecule has 0 heterocycles. The van der Waals surface area contributed by atoms with E-state index < -0.39 is 0 Å². The first-order valence-corrected chi connectivity index (χ1v) is 53.2. The summed E-state index contributed by atoms with van der Waals surface area (Å²) in [4.78, 5) is 0. The van der Waals surface area contributed by atoms with Gasteiger partial charge in [-0.2, -0.15) is 0 Å². The largest absolute Gasteiger partial charge is 0.0651 e. The lowest BCUT2D eigenvalue weighted by Gasteiger charge is -2.56. The van der Waals surface area contributed by atoms with Gasteiger partial charge in [-0.25, -0.2) is 0 Å². The van der Waals surface area contributed by atoms with Crippen LogP contribution in [0.2, 0.25) is 0 Å². The fourth-order valence-electron chi connectivity index (χ4n) is 34.2. The fraction of sp³-hybridized carbons (Fsp3) is 1.00. The van der Waals surface area contributed by atoms with E-state index in [-0.39, 0.29) is 0 Å². The molecule has 0 aromatic rings. The first-order valence-electron chi connectivity index (χ1n) is 53.2. The van der Waals surface area contributed by atoms with Crippen LogP contribution in [0.5, 0.6) is 0 Å². The van der Waals surface area contributed by atoms with E-state index in [2.05, 4.69) is 222 Å². The molecule has 0 aromatic heterocycles. The zero-order valence-electron chi connectivity index (χ0n) is 85.2. The first kappa shape index (κ1) is 98.8. The predicted octanol–water partition coefficient (Wildman–Crippen LogP) is 38.0. The third-order valence-electron chi connectivity index (χ3n) is 42.7. The van der Waals surface area contributed by atoms with Crippen molar-refractivity contribution in [3.63, 3.8) is 0 Å². The van der Waals surface area contributed by atoms with Crippen LogP contribution in [-0.4, -0.2) is 0 Å². The molecule has 12 bridgehead atoms. The van der Waals surface area contributed by atoms with E-state index >= 15 is 0 Å². The van der Waals surface area contributed by atoms with E-state index in [9.17, 15) is 0 Å². The van der Waals surface area contributed by atoms with E-state index in [1.54, 1.807) is 96.3 Å². The lowest BCUT2D eigenvalue weighted by atomic mass is 9.49. The van der Waals surface area contributed by atoms with Crippen LogP contribution in [0.25, 0.3) is 0 Å². The number of fused-ring (bicyclic) bond motifs is 12. The summed E-state index contributed by atoms with van der Waals surface area (Å²) in [5, 5.41) is 0. The Labute approximate surface area is 725 Å². The standard InChI is InChI=1S/C16H30.C12H20.C12H22.2C12H24.C11H20.C11H22.2C10H18.C9H16/c1-13-6-8-16(9-7-13)11-14(2,3)10-15(4,5)12-16;1-2-12-6-9-3-10(7-12)5-11(4-9)8-12;1-11-5-9-12(10-6-11)7-3-2-4-8-12;1-9(2)10-11(3,4)7-8-12(10,5)6;1-7-12(6)8-10(2,3)11(4,5)9-12;1-8-9-4-6-10(7-5-9)11(8,2)3;1-6-9-7-10(2,3)11(4,5)8-9;1-8-7-9-3-5-10(8,2)6-4-9;1-7-8(2)10-5-3-9(7)4-6-10;1-7-6-8-2-4-9(7)5-3-8/h13H,6-12H2,1-5H3;9-11H,2-8H2,1H3;11H,2-10H2,1H3;9-10H,7-8H2,1-6H3;7-9H2,1-6H3;8-10H,4-7H2,1-3H3;9H,6-8H2,1-5H3;8-9H,3-7H2,1-2H3;7-10H,3-6H2,1-2H3;7-9H,2-6H2,1H3/t;;;;;8-,9?,10?;;8-,9?,10?;7-,8?,9?,10?;7-,8?,9?/m.....1.000/s1. The van der Waals surface area contributed by atoms with Gasteiger partial charge in [-0.15, -0.1) is 0 Å². The van der Waals surface area contributed by atoms with Crippen LogP contribution in [-0.2, 0) is 0 Å². The summed E-state index contributed by atoms with van der Waals surface area (Å²) in [5.74, 6) is 21.0. The van der Waals surface area contributed by atoms with E-state index in [1.165, 1.54) is 218 Å². The molecule has 0 radical (unpaired) electrons. The molecule has 0 aliphatic heterocycles. The molecular formula is C115H214. The number of hydrogen-bond acceptors (Lipinski definition) is 0. The lowest BCUT2D eigenvalue weighted by molar-refractivity contribution is -0.0545. The van der Waals surface area contributed by atoms with Crippen molar-refractivity contribution in [3.8, 4) is 0 Å². The highest BCUT2D eigenvalue weighted by molar-refractivity contribution is 5.05. The van der Waals surface area contributed by atoms with Gasteiger partial charge < -0.3 is 0 Å². The third-order valence-corrected chi connectivity index (χ3v) is 42.7. The van der Waals surface area contributed by atoms with Crippen molar-refractivity contribution in [3.05, 3.63) is 0 Å². The van der Waals surface area contributed by atoms with Crippen molar-refractivity contribution in [1.29, 1.82) is 0 Å². The summed E-state index contributed by atoms with van der Waals surface area (Å²) < 4.78 is 0. The third kappa shape index (κ3) is 25.2. The lowest BCUT2D eigenvalue weighted by Crippen LogP contribution is -2.45. The summed E-state index contributed by atoms with van der Waals surface area (Å²) >= 11 is 0. The van der Waals surface area contributed by atoms with E-state index in [4.69, 9.17) is 0 Å². The molecule has 1 unspecified atom stereocenters. The second kappa shape index (κ2) is 39.1. The van der Waals surface area contributed by atoms with Gasteiger partial charge in [0.25, 0.3) is 0 Å². The first-order chi connectivity index (χ1) is 53.2. The molecule has 2 spiro atoms. The summed E-state index contributed by atoms with van der Waals surface area (Å²) in [5.41, 5.74) is 8.84. The minimum Gasteiger partial charge on any atom is -0.0651 e. The minimum absolute atomic E-state index is 0.526. The van der Waals surface area contributed by atoms with Gasteiger partial charge in [-0.1, -0.05) is 299 Å². The molecule has 115 heavy (non-hydrogen) atoms. The summed E-state index contributed by atoms with van der Waals surface area (Å²) in [6.07, 6.45) is 73.9. The molecule has 0 nitrogen and oxygen atoms in total. The summed E-state index contributed by atoms with van der Waals surface area (Å²) in [7, 11) is 0. The normalized spacial score (nSPS) is 40.8.